The summed E-state index contributed by atoms with van der Waals surface area (Å²) in [6.07, 6.45) is 0.954. The second-order valence-corrected chi connectivity index (χ2v) is 8.35. The molecule has 2 nitrogen and oxygen atoms in total. The Hall–Kier alpha value is -3.78. The van der Waals surface area contributed by atoms with Crippen molar-refractivity contribution in [1.82, 2.24) is 0 Å². The van der Waals surface area contributed by atoms with Crippen molar-refractivity contribution in [2.24, 2.45) is 10.2 Å². The molecular formula is C29H22N2. The van der Waals surface area contributed by atoms with Gasteiger partial charge in [-0.3, -0.25) is 0 Å². The molecule has 1 fully saturated rings. The molecule has 1 heterocycles. The topological polar surface area (TPSA) is 24.7 Å². The number of hydrogen-bond acceptors (Lipinski definition) is 2. The van der Waals surface area contributed by atoms with E-state index in [0.717, 1.165) is 29.0 Å². The van der Waals surface area contributed by atoms with Crippen molar-refractivity contribution in [3.8, 4) is 0 Å². The molecule has 0 bridgehead atoms. The Morgan fingerprint density at radius 2 is 0.742 bits per heavy atom. The number of hydrogen-bond donors (Lipinski definition) is 0. The summed E-state index contributed by atoms with van der Waals surface area (Å²) in [4.78, 5) is 0. The van der Waals surface area contributed by atoms with Crippen LogP contribution in [-0.4, -0.2) is 11.4 Å². The van der Waals surface area contributed by atoms with E-state index in [0.29, 0.717) is 0 Å². The average Bonchev–Trinajstić information content (AvgIpc) is 3.59. The molecule has 31 heavy (non-hydrogen) atoms. The quantitative estimate of drug-likeness (QED) is 0.392. The van der Waals surface area contributed by atoms with Crippen molar-refractivity contribution < 1.29 is 0 Å². The predicted molar refractivity (Wildman–Crippen MR) is 127 cm³/mol. The lowest BCUT2D eigenvalue weighted by molar-refractivity contribution is 0.777. The van der Waals surface area contributed by atoms with Crippen LogP contribution in [0.15, 0.2) is 132 Å². The maximum absolute atomic E-state index is 4.90. The van der Waals surface area contributed by atoms with E-state index < -0.39 is 0 Å². The molecule has 4 aromatic carbocycles. The second kappa shape index (κ2) is 6.88. The Balaban J connectivity index is 1.67. The zero-order chi connectivity index (χ0) is 20.7. The minimum absolute atomic E-state index is 0.246. The molecule has 0 radical (unpaired) electrons. The van der Waals surface area contributed by atoms with Crippen molar-refractivity contribution in [3.63, 3.8) is 0 Å². The van der Waals surface area contributed by atoms with Gasteiger partial charge in [0.15, 0.2) is 0 Å². The van der Waals surface area contributed by atoms with Crippen LogP contribution in [-0.2, 0) is 10.8 Å². The second-order valence-electron chi connectivity index (χ2n) is 8.35. The van der Waals surface area contributed by atoms with Crippen LogP contribution in [0.25, 0.3) is 0 Å². The van der Waals surface area contributed by atoms with Gasteiger partial charge < -0.3 is 0 Å². The number of benzene rings is 4. The van der Waals surface area contributed by atoms with E-state index in [2.05, 4.69) is 121 Å². The molecule has 6 rings (SSSR count). The van der Waals surface area contributed by atoms with Crippen LogP contribution >= 0.6 is 0 Å². The van der Waals surface area contributed by atoms with E-state index in [1.165, 1.54) is 11.1 Å². The van der Waals surface area contributed by atoms with Gasteiger partial charge >= 0.3 is 0 Å². The van der Waals surface area contributed by atoms with Crippen LogP contribution in [0.5, 0.6) is 0 Å². The standard InChI is InChI=1S/C29H22N2/c1-5-13-22(14-6-1)26-28(24-17-9-3-10-18-24)21-29(28,25-19-11-4-12-20-25)27(31-30-26)23-15-7-2-8-16-23/h1-20H,21H2. The van der Waals surface area contributed by atoms with Gasteiger partial charge in [-0.15, -0.1) is 0 Å². The molecular weight excluding hydrogens is 376 g/mol. The molecule has 0 amide bonds. The van der Waals surface area contributed by atoms with Gasteiger partial charge in [0.05, 0.1) is 22.3 Å². The highest BCUT2D eigenvalue weighted by Gasteiger charge is 2.75. The van der Waals surface area contributed by atoms with Gasteiger partial charge in [0.1, 0.15) is 0 Å². The summed E-state index contributed by atoms with van der Waals surface area (Å²) >= 11 is 0. The fourth-order valence-corrected chi connectivity index (χ4v) is 5.41. The lowest BCUT2D eigenvalue weighted by Crippen LogP contribution is -2.39. The van der Waals surface area contributed by atoms with E-state index in [-0.39, 0.29) is 10.8 Å². The lowest BCUT2D eigenvalue weighted by atomic mass is 9.72. The molecule has 1 aliphatic carbocycles. The molecule has 1 saturated carbocycles. The van der Waals surface area contributed by atoms with Gasteiger partial charge in [-0.1, -0.05) is 121 Å². The van der Waals surface area contributed by atoms with Gasteiger partial charge in [-0.25, -0.2) is 0 Å². The van der Waals surface area contributed by atoms with Crippen molar-refractivity contribution in [2.75, 3.05) is 0 Å². The number of fused-ring (bicyclic) bond motifs is 1. The number of nitrogens with zero attached hydrogens (tertiary/aromatic N) is 2. The first-order chi connectivity index (χ1) is 15.4. The zero-order valence-corrected chi connectivity index (χ0v) is 17.1. The summed E-state index contributed by atoms with van der Waals surface area (Å²) in [5, 5.41) is 9.81. The Labute approximate surface area is 182 Å². The van der Waals surface area contributed by atoms with E-state index in [1.807, 2.05) is 0 Å². The van der Waals surface area contributed by atoms with E-state index in [4.69, 9.17) is 10.2 Å². The molecule has 2 unspecified atom stereocenters. The fraction of sp³-hybridized carbons (Fsp3) is 0.103. The summed E-state index contributed by atoms with van der Waals surface area (Å²) < 4.78 is 0. The zero-order valence-electron chi connectivity index (χ0n) is 17.1. The molecule has 2 heteroatoms. The average molecular weight is 399 g/mol. The third kappa shape index (κ3) is 2.51. The molecule has 1 aliphatic heterocycles. The first-order valence-corrected chi connectivity index (χ1v) is 10.7. The van der Waals surface area contributed by atoms with Crippen LogP contribution in [0.3, 0.4) is 0 Å². The fourth-order valence-electron chi connectivity index (χ4n) is 5.41. The third-order valence-corrected chi connectivity index (χ3v) is 6.82. The monoisotopic (exact) mass is 398 g/mol. The summed E-state index contributed by atoms with van der Waals surface area (Å²) in [7, 11) is 0. The summed E-state index contributed by atoms with van der Waals surface area (Å²) in [5.74, 6) is 0. The highest BCUT2D eigenvalue weighted by Crippen LogP contribution is 2.69. The molecule has 0 spiro atoms. The number of rotatable bonds is 4. The van der Waals surface area contributed by atoms with Crippen molar-refractivity contribution >= 4 is 11.4 Å². The van der Waals surface area contributed by atoms with E-state index in [9.17, 15) is 0 Å². The SMILES string of the molecule is c1ccc(C2=NN=C(c3ccccc3)C3(c4ccccc4)CC23c2ccccc2)cc1. The Morgan fingerprint density at radius 1 is 0.419 bits per heavy atom. The molecule has 148 valence electrons. The largest absolute Gasteiger partial charge is 0.154 e. The minimum Gasteiger partial charge on any atom is -0.154 e. The van der Waals surface area contributed by atoms with Crippen LogP contribution in [0.2, 0.25) is 0 Å². The Bertz CT molecular complexity index is 1170. The Kier molecular flexibility index (Phi) is 4.00. The van der Waals surface area contributed by atoms with Gasteiger partial charge in [0.2, 0.25) is 0 Å². The molecule has 4 aromatic rings. The van der Waals surface area contributed by atoms with Crippen molar-refractivity contribution in [2.45, 2.75) is 17.3 Å². The predicted octanol–water partition coefficient (Wildman–Crippen LogP) is 6.17. The first kappa shape index (κ1) is 18.0. The maximum atomic E-state index is 4.90. The van der Waals surface area contributed by atoms with E-state index >= 15 is 0 Å². The third-order valence-electron chi connectivity index (χ3n) is 6.82. The van der Waals surface area contributed by atoms with Crippen molar-refractivity contribution in [3.05, 3.63) is 144 Å². The maximum Gasteiger partial charge on any atom is 0.0821 e. The molecule has 2 atom stereocenters. The highest BCUT2D eigenvalue weighted by atomic mass is 15.3. The summed E-state index contributed by atoms with van der Waals surface area (Å²) in [6, 6.07) is 42.7. The minimum atomic E-state index is -0.246. The Morgan fingerprint density at radius 3 is 1.10 bits per heavy atom. The first-order valence-electron chi connectivity index (χ1n) is 10.7. The molecule has 0 N–H and O–H groups in total. The van der Waals surface area contributed by atoms with Crippen LogP contribution < -0.4 is 0 Å². The molecule has 0 aromatic heterocycles. The molecule has 0 saturated heterocycles. The van der Waals surface area contributed by atoms with Gasteiger partial charge in [-0.2, -0.15) is 10.2 Å². The van der Waals surface area contributed by atoms with Gasteiger partial charge in [0.25, 0.3) is 0 Å². The van der Waals surface area contributed by atoms with Crippen LogP contribution in [0, 0.1) is 0 Å². The molecule has 2 aliphatic rings. The van der Waals surface area contributed by atoms with Crippen LogP contribution in [0.1, 0.15) is 28.7 Å². The normalized spacial score (nSPS) is 24.0. The summed E-state index contributed by atoms with van der Waals surface area (Å²) in [6.45, 7) is 0. The highest BCUT2D eigenvalue weighted by molar-refractivity contribution is 6.24. The smallest absolute Gasteiger partial charge is 0.0821 e. The summed E-state index contributed by atoms with van der Waals surface area (Å²) in [5.41, 5.74) is 6.49. The van der Waals surface area contributed by atoms with Gasteiger partial charge in [-0.05, 0) is 28.7 Å². The van der Waals surface area contributed by atoms with Crippen molar-refractivity contribution in [1.29, 1.82) is 0 Å². The van der Waals surface area contributed by atoms with Crippen LogP contribution in [0.4, 0.5) is 0 Å². The van der Waals surface area contributed by atoms with E-state index in [1.54, 1.807) is 0 Å². The van der Waals surface area contributed by atoms with Gasteiger partial charge in [0, 0.05) is 0 Å². The lowest BCUT2D eigenvalue weighted by Gasteiger charge is -2.32.